The van der Waals surface area contributed by atoms with Crippen molar-refractivity contribution in [3.63, 3.8) is 0 Å². The van der Waals surface area contributed by atoms with E-state index >= 15 is 0 Å². The number of benzene rings is 2. The zero-order valence-corrected chi connectivity index (χ0v) is 12.3. The first-order valence-corrected chi connectivity index (χ1v) is 6.53. The summed E-state index contributed by atoms with van der Waals surface area (Å²) >= 11 is 5.99. The number of ketones is 1. The summed E-state index contributed by atoms with van der Waals surface area (Å²) in [6.07, 6.45) is 0. The van der Waals surface area contributed by atoms with Crippen LogP contribution in [0.4, 0.5) is 0 Å². The summed E-state index contributed by atoms with van der Waals surface area (Å²) in [6.45, 7) is 0. The molecule has 0 saturated heterocycles. The fraction of sp³-hybridized carbons (Fsp3) is 0.0625. The molecular weight excluding hydrogens is 306 g/mol. The largest absolute Gasteiger partial charge is 0.463 e. The molecule has 0 heterocycles. The highest BCUT2D eigenvalue weighted by atomic mass is 35.5. The first kappa shape index (κ1) is 15.5. The number of Topliss-reactive ketones (excluding diaryl/α,β-unsaturated/α-hetero) is 1. The predicted molar refractivity (Wildman–Crippen MR) is 79.0 cm³/mol. The fourth-order valence-corrected chi connectivity index (χ4v) is 1.94. The summed E-state index contributed by atoms with van der Waals surface area (Å²) in [6, 6.07) is 12.8. The Kier molecular flexibility index (Phi) is 4.77. The molecule has 0 spiro atoms. The zero-order valence-electron chi connectivity index (χ0n) is 11.5. The summed E-state index contributed by atoms with van der Waals surface area (Å²) < 4.78 is 9.92. The number of nitriles is 1. The van der Waals surface area contributed by atoms with Gasteiger partial charge in [-0.25, -0.2) is 4.79 Å². The van der Waals surface area contributed by atoms with Crippen LogP contribution in [0.1, 0.15) is 15.9 Å². The van der Waals surface area contributed by atoms with Gasteiger partial charge in [-0.3, -0.25) is 4.79 Å². The lowest BCUT2D eigenvalue weighted by Crippen LogP contribution is -2.16. The van der Waals surface area contributed by atoms with E-state index in [1.165, 1.54) is 18.2 Å². The molecule has 5 nitrogen and oxygen atoms in total. The van der Waals surface area contributed by atoms with Crippen LogP contribution >= 0.6 is 11.6 Å². The van der Waals surface area contributed by atoms with Crippen molar-refractivity contribution in [1.29, 1.82) is 5.26 Å². The third-order valence-corrected chi connectivity index (χ3v) is 3.09. The van der Waals surface area contributed by atoms with Gasteiger partial charge in [0.1, 0.15) is 11.5 Å². The van der Waals surface area contributed by atoms with Crippen LogP contribution in [0.15, 0.2) is 42.5 Å². The van der Waals surface area contributed by atoms with E-state index in [0.29, 0.717) is 17.1 Å². The van der Waals surface area contributed by atoms with Crippen molar-refractivity contribution in [3.8, 4) is 17.6 Å². The molecule has 0 aromatic heterocycles. The molecular formula is C16H10ClNO4. The Hall–Kier alpha value is -2.84. The first-order chi connectivity index (χ1) is 10.5. The van der Waals surface area contributed by atoms with Crippen molar-refractivity contribution in [2.45, 2.75) is 0 Å². The molecule has 0 radical (unpaired) electrons. The Bertz CT molecular complexity index is 763. The molecule has 0 aliphatic heterocycles. The molecule has 22 heavy (non-hydrogen) atoms. The number of halogens is 1. The average Bonchev–Trinajstić information content (AvgIpc) is 2.54. The van der Waals surface area contributed by atoms with Gasteiger partial charge in [0.25, 0.3) is 5.78 Å². The van der Waals surface area contributed by atoms with Crippen molar-refractivity contribution < 1.29 is 19.1 Å². The summed E-state index contributed by atoms with van der Waals surface area (Å²) in [5.41, 5.74) is 0.560. The second kappa shape index (κ2) is 6.74. The van der Waals surface area contributed by atoms with Crippen molar-refractivity contribution in [3.05, 3.63) is 58.6 Å². The number of ether oxygens (including phenoxy) is 2. The number of hydrogen-bond donors (Lipinski definition) is 0. The molecule has 2 rings (SSSR count). The number of rotatable bonds is 4. The van der Waals surface area contributed by atoms with Gasteiger partial charge in [0.15, 0.2) is 0 Å². The van der Waals surface area contributed by atoms with E-state index in [1.807, 2.05) is 6.07 Å². The normalized spacial score (nSPS) is 9.68. The number of methoxy groups -OCH3 is 1. The maximum absolute atomic E-state index is 11.7. The van der Waals surface area contributed by atoms with Crippen molar-refractivity contribution in [1.82, 2.24) is 0 Å². The molecule has 2 aromatic rings. The van der Waals surface area contributed by atoms with Crippen LogP contribution in [-0.4, -0.2) is 18.9 Å². The lowest BCUT2D eigenvalue weighted by atomic mass is 10.1. The van der Waals surface area contributed by atoms with Gasteiger partial charge in [0, 0.05) is 11.6 Å². The quantitative estimate of drug-likeness (QED) is 0.491. The Morgan fingerprint density at radius 3 is 2.27 bits per heavy atom. The molecule has 6 heteroatoms. The third kappa shape index (κ3) is 3.43. The summed E-state index contributed by atoms with van der Waals surface area (Å²) in [5.74, 6) is -0.890. The minimum atomic E-state index is -0.984. The van der Waals surface area contributed by atoms with Crippen LogP contribution in [0.3, 0.4) is 0 Å². The molecule has 0 bridgehead atoms. The Morgan fingerprint density at radius 2 is 1.73 bits per heavy atom. The lowest BCUT2D eigenvalue weighted by molar-refractivity contribution is -0.135. The average molecular weight is 316 g/mol. The second-order valence-electron chi connectivity index (χ2n) is 4.20. The first-order valence-electron chi connectivity index (χ1n) is 6.15. The molecule has 2 aromatic carbocycles. The maximum Gasteiger partial charge on any atom is 0.379 e. The highest BCUT2D eigenvalue weighted by Crippen LogP contribution is 2.27. The number of carbonyl (C=O) groups is 2. The van der Waals surface area contributed by atoms with Gasteiger partial charge < -0.3 is 9.47 Å². The molecule has 0 atom stereocenters. The Morgan fingerprint density at radius 1 is 1.09 bits per heavy atom. The number of hydrogen-bond acceptors (Lipinski definition) is 5. The monoisotopic (exact) mass is 315 g/mol. The fourth-order valence-electron chi connectivity index (χ4n) is 1.68. The van der Waals surface area contributed by atoms with E-state index in [-0.39, 0.29) is 10.6 Å². The minimum absolute atomic E-state index is 0.0423. The van der Waals surface area contributed by atoms with Gasteiger partial charge in [0.2, 0.25) is 0 Å². The summed E-state index contributed by atoms with van der Waals surface area (Å²) in [7, 11) is 1.12. The molecule has 0 aliphatic rings. The van der Waals surface area contributed by atoms with E-state index in [4.69, 9.17) is 21.6 Å². The van der Waals surface area contributed by atoms with Crippen LogP contribution in [0.2, 0.25) is 5.02 Å². The SMILES string of the molecule is COC(=O)C(=O)c1ccc(Oc2ccc(C#N)cc2)cc1Cl. The van der Waals surface area contributed by atoms with Crippen LogP contribution in [-0.2, 0) is 9.53 Å². The third-order valence-electron chi connectivity index (χ3n) is 2.78. The molecule has 0 aliphatic carbocycles. The van der Waals surface area contributed by atoms with E-state index < -0.39 is 11.8 Å². The smallest absolute Gasteiger partial charge is 0.379 e. The standard InChI is InChI=1S/C16H10ClNO4/c1-21-16(20)15(19)13-7-6-12(8-14(13)17)22-11-4-2-10(9-18)3-5-11/h2-8H,1H3. The molecule has 0 fully saturated rings. The van der Waals surface area contributed by atoms with E-state index in [9.17, 15) is 9.59 Å². The van der Waals surface area contributed by atoms with Crippen LogP contribution in [0.25, 0.3) is 0 Å². The van der Waals surface area contributed by atoms with Gasteiger partial charge in [0.05, 0.1) is 23.8 Å². The Balaban J connectivity index is 2.20. The zero-order chi connectivity index (χ0) is 16.1. The molecule has 0 amide bonds. The molecule has 0 N–H and O–H groups in total. The van der Waals surface area contributed by atoms with E-state index in [1.54, 1.807) is 24.3 Å². The van der Waals surface area contributed by atoms with Gasteiger partial charge in [-0.05, 0) is 36.4 Å². The van der Waals surface area contributed by atoms with E-state index in [0.717, 1.165) is 7.11 Å². The van der Waals surface area contributed by atoms with Crippen molar-refractivity contribution in [2.24, 2.45) is 0 Å². The minimum Gasteiger partial charge on any atom is -0.463 e. The molecule has 0 saturated carbocycles. The van der Waals surface area contributed by atoms with Crippen molar-refractivity contribution in [2.75, 3.05) is 7.11 Å². The van der Waals surface area contributed by atoms with E-state index in [2.05, 4.69) is 4.74 Å². The topological polar surface area (TPSA) is 76.4 Å². The lowest BCUT2D eigenvalue weighted by Gasteiger charge is -2.08. The van der Waals surface area contributed by atoms with Crippen molar-refractivity contribution >= 4 is 23.4 Å². The maximum atomic E-state index is 11.7. The van der Waals surface area contributed by atoms with Crippen LogP contribution < -0.4 is 4.74 Å². The Labute approximate surface area is 131 Å². The highest BCUT2D eigenvalue weighted by molar-refractivity contribution is 6.45. The summed E-state index contributed by atoms with van der Waals surface area (Å²) in [4.78, 5) is 22.9. The van der Waals surface area contributed by atoms with Gasteiger partial charge in [-0.2, -0.15) is 5.26 Å². The van der Waals surface area contributed by atoms with Crippen LogP contribution in [0, 0.1) is 11.3 Å². The van der Waals surface area contributed by atoms with Gasteiger partial charge in [-0.15, -0.1) is 0 Å². The predicted octanol–water partition coefficient (Wildman–Crippen LogP) is 3.36. The molecule has 110 valence electrons. The summed E-state index contributed by atoms with van der Waals surface area (Å²) in [5, 5.41) is 8.81. The number of carbonyl (C=O) groups excluding carboxylic acids is 2. The number of esters is 1. The highest BCUT2D eigenvalue weighted by Gasteiger charge is 2.20. The number of nitrogens with zero attached hydrogens (tertiary/aromatic N) is 1. The van der Waals surface area contributed by atoms with Gasteiger partial charge >= 0.3 is 5.97 Å². The van der Waals surface area contributed by atoms with Crippen LogP contribution in [0.5, 0.6) is 11.5 Å². The second-order valence-corrected chi connectivity index (χ2v) is 4.61. The molecule has 0 unspecified atom stereocenters. The van der Waals surface area contributed by atoms with Gasteiger partial charge in [-0.1, -0.05) is 11.6 Å².